The van der Waals surface area contributed by atoms with Gasteiger partial charge in [0.15, 0.2) is 0 Å². The van der Waals surface area contributed by atoms with Gasteiger partial charge in [0.1, 0.15) is 5.82 Å². The number of aromatic amines is 1. The van der Waals surface area contributed by atoms with E-state index < -0.39 is 11.7 Å². The number of fused-ring (bicyclic) bond motifs is 1. The predicted octanol–water partition coefficient (Wildman–Crippen LogP) is 4.46. The summed E-state index contributed by atoms with van der Waals surface area (Å²) in [5.74, 6) is -0.818. The van der Waals surface area contributed by atoms with Crippen molar-refractivity contribution in [2.75, 3.05) is 11.9 Å². The third kappa shape index (κ3) is 4.18. The molecule has 3 rings (SSSR count). The van der Waals surface area contributed by atoms with Crippen LogP contribution >= 0.6 is 0 Å². The van der Waals surface area contributed by atoms with E-state index in [9.17, 15) is 9.18 Å². The fourth-order valence-electron chi connectivity index (χ4n) is 2.39. The van der Waals surface area contributed by atoms with Crippen molar-refractivity contribution >= 4 is 28.2 Å². The Bertz CT molecular complexity index is 892. The number of carbonyl (C=O) groups is 1. The monoisotopic (exact) mass is 358 g/mol. The van der Waals surface area contributed by atoms with Crippen LogP contribution in [0.25, 0.3) is 10.9 Å². The molecule has 0 aliphatic rings. The molecule has 0 saturated carbocycles. The van der Waals surface area contributed by atoms with Gasteiger partial charge in [-0.25, -0.2) is 9.87 Å². The quantitative estimate of drug-likeness (QED) is 0.588. The summed E-state index contributed by atoms with van der Waals surface area (Å²) in [6.45, 7) is 7.92. The largest absolute Gasteiger partial charge is 0.352 e. The maximum atomic E-state index is 14.2. The Morgan fingerprint density at radius 1 is 1.27 bits per heavy atom. The molecule has 0 radical (unpaired) electrons. The van der Waals surface area contributed by atoms with Crippen molar-refractivity contribution in [3.8, 4) is 0 Å². The number of hydroxylamine groups is 1. The van der Waals surface area contributed by atoms with Crippen molar-refractivity contribution in [1.29, 1.82) is 0 Å². The molecule has 3 aromatic rings. The Labute approximate surface area is 151 Å². The first-order valence-electron chi connectivity index (χ1n) is 8.51. The Balaban J connectivity index is 0.00000117. The molecule has 0 aliphatic carbocycles. The number of benzene rings is 2. The van der Waals surface area contributed by atoms with Gasteiger partial charge >= 0.3 is 0 Å². The highest BCUT2D eigenvalue weighted by Gasteiger charge is 2.17. The third-order valence-corrected chi connectivity index (χ3v) is 3.56. The molecule has 2 aromatic carbocycles. The molecule has 138 valence electrons. The number of anilines is 2. The van der Waals surface area contributed by atoms with Gasteiger partial charge in [0, 0.05) is 5.39 Å². The molecule has 7 heteroatoms. The van der Waals surface area contributed by atoms with E-state index in [0.29, 0.717) is 23.2 Å². The van der Waals surface area contributed by atoms with E-state index in [2.05, 4.69) is 21.0 Å². The summed E-state index contributed by atoms with van der Waals surface area (Å²) >= 11 is 0. The average molecular weight is 358 g/mol. The van der Waals surface area contributed by atoms with E-state index >= 15 is 0 Å². The minimum atomic E-state index is -0.421. The summed E-state index contributed by atoms with van der Waals surface area (Å²) in [5.41, 5.74) is 4.97. The van der Waals surface area contributed by atoms with E-state index in [0.717, 1.165) is 11.1 Å². The van der Waals surface area contributed by atoms with Gasteiger partial charge in [-0.3, -0.25) is 14.7 Å². The zero-order valence-corrected chi connectivity index (χ0v) is 15.3. The maximum Gasteiger partial charge on any atom is 0.276 e. The second-order valence-corrected chi connectivity index (χ2v) is 5.29. The summed E-state index contributed by atoms with van der Waals surface area (Å²) in [4.78, 5) is 17.3. The highest BCUT2D eigenvalue weighted by atomic mass is 19.1. The molecule has 1 amide bonds. The smallest absolute Gasteiger partial charge is 0.276 e. The van der Waals surface area contributed by atoms with Crippen LogP contribution in [-0.2, 0) is 4.84 Å². The molecular weight excluding hydrogens is 335 g/mol. The second kappa shape index (κ2) is 8.96. The van der Waals surface area contributed by atoms with Gasteiger partial charge in [0.05, 0.1) is 35.3 Å². The number of halogens is 1. The SMILES string of the molecule is CC.CCONC(=O)c1ccc2[nH]ncc2c1Nc1ccc(C)cc1F. The predicted molar refractivity (Wildman–Crippen MR) is 101 cm³/mol. The fraction of sp³-hybridized carbons (Fsp3) is 0.263. The van der Waals surface area contributed by atoms with Crippen LogP contribution < -0.4 is 10.8 Å². The lowest BCUT2D eigenvalue weighted by molar-refractivity contribution is 0.0365. The zero-order chi connectivity index (χ0) is 19.1. The van der Waals surface area contributed by atoms with Gasteiger partial charge in [-0.05, 0) is 43.7 Å². The molecule has 0 unspecified atom stereocenters. The standard InChI is InChI=1S/C17H17FN4O2.C2H6/c1-3-24-22-17(23)11-5-7-14-12(9-19-21-14)16(11)20-15-6-4-10(2)8-13(15)18;1-2/h4-9,20H,3H2,1-2H3,(H,19,21)(H,22,23);1-2H3. The summed E-state index contributed by atoms with van der Waals surface area (Å²) < 4.78 is 14.2. The van der Waals surface area contributed by atoms with Crippen molar-refractivity contribution in [3.05, 3.63) is 53.5 Å². The van der Waals surface area contributed by atoms with Crippen molar-refractivity contribution in [2.45, 2.75) is 27.7 Å². The van der Waals surface area contributed by atoms with Gasteiger partial charge in [-0.2, -0.15) is 5.10 Å². The molecule has 1 aromatic heterocycles. The van der Waals surface area contributed by atoms with E-state index in [1.54, 1.807) is 37.4 Å². The fourth-order valence-corrected chi connectivity index (χ4v) is 2.39. The van der Waals surface area contributed by atoms with Crippen LogP contribution in [0.4, 0.5) is 15.8 Å². The number of hydrogen-bond donors (Lipinski definition) is 3. The molecule has 1 heterocycles. The first-order valence-corrected chi connectivity index (χ1v) is 8.51. The van der Waals surface area contributed by atoms with Gasteiger partial charge in [-0.1, -0.05) is 19.9 Å². The minimum Gasteiger partial charge on any atom is -0.352 e. The molecule has 26 heavy (non-hydrogen) atoms. The lowest BCUT2D eigenvalue weighted by Gasteiger charge is -2.14. The normalized spacial score (nSPS) is 10.2. The molecule has 0 spiro atoms. The maximum absolute atomic E-state index is 14.2. The number of carbonyl (C=O) groups excluding carboxylic acids is 1. The lowest BCUT2D eigenvalue weighted by atomic mass is 10.1. The van der Waals surface area contributed by atoms with Crippen LogP contribution in [0.1, 0.15) is 36.7 Å². The minimum absolute atomic E-state index is 0.278. The molecule has 0 fully saturated rings. The van der Waals surface area contributed by atoms with E-state index in [-0.39, 0.29) is 5.69 Å². The lowest BCUT2D eigenvalue weighted by Crippen LogP contribution is -2.24. The second-order valence-electron chi connectivity index (χ2n) is 5.29. The van der Waals surface area contributed by atoms with Crippen molar-refractivity contribution < 1.29 is 14.0 Å². The van der Waals surface area contributed by atoms with Crippen molar-refractivity contribution in [2.24, 2.45) is 0 Å². The summed E-state index contributed by atoms with van der Waals surface area (Å²) in [6.07, 6.45) is 1.58. The molecule has 0 saturated heterocycles. The van der Waals surface area contributed by atoms with E-state index in [4.69, 9.17) is 4.84 Å². The van der Waals surface area contributed by atoms with Crippen molar-refractivity contribution in [1.82, 2.24) is 15.7 Å². The molecule has 0 aliphatic heterocycles. The molecular formula is C19H23FN4O2. The number of aryl methyl sites for hydroxylation is 1. The van der Waals surface area contributed by atoms with Gasteiger partial charge in [-0.15, -0.1) is 0 Å². The summed E-state index contributed by atoms with van der Waals surface area (Å²) in [6, 6.07) is 8.22. The zero-order valence-electron chi connectivity index (χ0n) is 15.3. The van der Waals surface area contributed by atoms with Gasteiger partial charge < -0.3 is 5.32 Å². The summed E-state index contributed by atoms with van der Waals surface area (Å²) in [7, 11) is 0. The highest BCUT2D eigenvalue weighted by molar-refractivity contribution is 6.08. The summed E-state index contributed by atoms with van der Waals surface area (Å²) in [5, 5.41) is 10.5. The van der Waals surface area contributed by atoms with Crippen LogP contribution in [0, 0.1) is 12.7 Å². The molecule has 0 bridgehead atoms. The number of nitrogens with zero attached hydrogens (tertiary/aromatic N) is 1. The topological polar surface area (TPSA) is 79.0 Å². The molecule has 0 atom stereocenters. The van der Waals surface area contributed by atoms with E-state index in [1.165, 1.54) is 6.07 Å². The highest BCUT2D eigenvalue weighted by Crippen LogP contribution is 2.30. The Morgan fingerprint density at radius 2 is 2.04 bits per heavy atom. The van der Waals surface area contributed by atoms with Gasteiger partial charge in [0.2, 0.25) is 0 Å². The Hall–Kier alpha value is -2.93. The number of rotatable bonds is 5. The Kier molecular flexibility index (Phi) is 6.68. The first-order chi connectivity index (χ1) is 12.6. The average Bonchev–Trinajstić information content (AvgIpc) is 3.13. The number of H-pyrrole nitrogens is 1. The van der Waals surface area contributed by atoms with Gasteiger partial charge in [0.25, 0.3) is 5.91 Å². The van der Waals surface area contributed by atoms with Crippen LogP contribution in [0.15, 0.2) is 36.5 Å². The van der Waals surface area contributed by atoms with Crippen molar-refractivity contribution in [3.63, 3.8) is 0 Å². The molecule has 6 nitrogen and oxygen atoms in total. The Morgan fingerprint density at radius 3 is 2.73 bits per heavy atom. The van der Waals surface area contributed by atoms with Crippen LogP contribution in [0.5, 0.6) is 0 Å². The van der Waals surface area contributed by atoms with E-state index in [1.807, 2.05) is 20.8 Å². The number of nitrogens with one attached hydrogen (secondary N) is 3. The number of amides is 1. The third-order valence-electron chi connectivity index (χ3n) is 3.56. The number of hydrogen-bond acceptors (Lipinski definition) is 4. The van der Waals surface area contributed by atoms with Crippen LogP contribution in [0.2, 0.25) is 0 Å². The number of aromatic nitrogens is 2. The molecule has 3 N–H and O–H groups in total. The van der Waals surface area contributed by atoms with Crippen LogP contribution in [-0.4, -0.2) is 22.7 Å². The van der Waals surface area contributed by atoms with Crippen LogP contribution in [0.3, 0.4) is 0 Å². The first kappa shape index (κ1) is 19.4.